The Morgan fingerprint density at radius 1 is 1.11 bits per heavy atom. The first-order chi connectivity index (χ1) is 18.1. The number of furan rings is 1. The Morgan fingerprint density at radius 3 is 2.68 bits per heavy atom. The highest BCUT2D eigenvalue weighted by molar-refractivity contribution is 5.90. The molecular formula is C28H31N5O4. The molecule has 192 valence electrons. The molecule has 0 spiro atoms. The second-order valence-corrected chi connectivity index (χ2v) is 9.20. The first-order valence-corrected chi connectivity index (χ1v) is 12.8. The van der Waals surface area contributed by atoms with Gasteiger partial charge in [-0.1, -0.05) is 48.4 Å². The predicted molar refractivity (Wildman–Crippen MR) is 138 cm³/mol. The number of fused-ring (bicyclic) bond motifs is 1. The number of rotatable bonds is 10. The number of ether oxygens (including phenoxy) is 1. The minimum atomic E-state index is -0.921. The van der Waals surface area contributed by atoms with Gasteiger partial charge in [-0.3, -0.25) is 9.59 Å². The lowest BCUT2D eigenvalue weighted by molar-refractivity contribution is -0.142. The molecule has 1 fully saturated rings. The van der Waals surface area contributed by atoms with Crippen LogP contribution in [-0.4, -0.2) is 44.4 Å². The maximum absolute atomic E-state index is 14.0. The van der Waals surface area contributed by atoms with Crippen LogP contribution in [0, 0.1) is 0 Å². The zero-order valence-electron chi connectivity index (χ0n) is 20.9. The van der Waals surface area contributed by atoms with Crippen LogP contribution in [0.15, 0.2) is 71.3 Å². The van der Waals surface area contributed by atoms with Crippen molar-refractivity contribution in [1.29, 1.82) is 0 Å². The number of carbonyl (C=O) groups is 2. The summed E-state index contributed by atoms with van der Waals surface area (Å²) in [6.07, 6.45) is 5.59. The highest BCUT2D eigenvalue weighted by Gasteiger charge is 2.36. The number of hydrogen-bond donors (Lipinski definition) is 1. The van der Waals surface area contributed by atoms with E-state index in [9.17, 15) is 9.59 Å². The van der Waals surface area contributed by atoms with Crippen molar-refractivity contribution in [2.75, 3.05) is 6.61 Å². The second kappa shape index (κ2) is 11.3. The number of aromatic nitrogens is 3. The lowest BCUT2D eigenvalue weighted by Gasteiger charge is -2.32. The number of amides is 2. The molecule has 2 aromatic carbocycles. The minimum Gasteiger partial charge on any atom is -0.494 e. The van der Waals surface area contributed by atoms with Crippen molar-refractivity contribution in [3.05, 3.63) is 78.3 Å². The molecule has 1 N–H and O–H groups in total. The molecule has 1 atom stereocenters. The van der Waals surface area contributed by atoms with Crippen molar-refractivity contribution in [1.82, 2.24) is 25.2 Å². The molecule has 4 aromatic rings. The molecular weight excluding hydrogens is 470 g/mol. The Kier molecular flexibility index (Phi) is 7.49. The van der Waals surface area contributed by atoms with Gasteiger partial charge < -0.3 is 19.4 Å². The van der Waals surface area contributed by atoms with Crippen LogP contribution < -0.4 is 10.1 Å². The highest BCUT2D eigenvalue weighted by Crippen LogP contribution is 2.32. The SMILES string of the molecule is CCOc1ccccc1[C@H](C(=O)NC1CCCC1)N(Cc1ccco1)C(=O)Cn1nnc2ccccc21. The molecule has 5 rings (SSSR count). The molecule has 9 heteroatoms. The van der Waals surface area contributed by atoms with Gasteiger partial charge in [0.1, 0.15) is 29.6 Å². The topological polar surface area (TPSA) is 102 Å². The van der Waals surface area contributed by atoms with Crippen LogP contribution in [0.5, 0.6) is 5.75 Å². The van der Waals surface area contributed by atoms with Gasteiger partial charge in [0.05, 0.1) is 24.9 Å². The van der Waals surface area contributed by atoms with E-state index in [2.05, 4.69) is 15.6 Å². The van der Waals surface area contributed by atoms with Gasteiger partial charge in [-0.05, 0) is 50.1 Å². The number of nitrogens with one attached hydrogen (secondary N) is 1. The summed E-state index contributed by atoms with van der Waals surface area (Å²) >= 11 is 0. The molecule has 2 amide bonds. The van der Waals surface area contributed by atoms with E-state index in [-0.39, 0.29) is 30.9 Å². The van der Waals surface area contributed by atoms with Gasteiger partial charge in [-0.15, -0.1) is 5.10 Å². The van der Waals surface area contributed by atoms with Gasteiger partial charge in [-0.25, -0.2) is 4.68 Å². The summed E-state index contributed by atoms with van der Waals surface area (Å²) in [5, 5.41) is 11.6. The molecule has 0 aliphatic heterocycles. The molecule has 1 aliphatic carbocycles. The number of benzene rings is 2. The molecule has 0 bridgehead atoms. The van der Waals surface area contributed by atoms with Crippen LogP contribution in [0.25, 0.3) is 11.0 Å². The minimum absolute atomic E-state index is 0.0781. The van der Waals surface area contributed by atoms with Crippen LogP contribution >= 0.6 is 0 Å². The van der Waals surface area contributed by atoms with Crippen molar-refractivity contribution < 1.29 is 18.7 Å². The van der Waals surface area contributed by atoms with Gasteiger partial charge >= 0.3 is 0 Å². The summed E-state index contributed by atoms with van der Waals surface area (Å²) in [4.78, 5) is 29.5. The van der Waals surface area contributed by atoms with E-state index in [4.69, 9.17) is 9.15 Å². The average molecular weight is 502 g/mol. The fourth-order valence-corrected chi connectivity index (χ4v) is 4.94. The normalized spacial score (nSPS) is 14.5. The predicted octanol–water partition coefficient (Wildman–Crippen LogP) is 4.25. The third kappa shape index (κ3) is 5.50. The lowest BCUT2D eigenvalue weighted by atomic mass is 10.0. The quantitative estimate of drug-likeness (QED) is 0.349. The number of carbonyl (C=O) groups excluding carboxylic acids is 2. The van der Waals surface area contributed by atoms with Crippen molar-refractivity contribution >= 4 is 22.8 Å². The summed E-state index contributed by atoms with van der Waals surface area (Å²) < 4.78 is 13.1. The van der Waals surface area contributed by atoms with Gasteiger partial charge in [0.25, 0.3) is 0 Å². The first-order valence-electron chi connectivity index (χ1n) is 12.8. The van der Waals surface area contributed by atoms with Gasteiger partial charge in [-0.2, -0.15) is 0 Å². The fourth-order valence-electron chi connectivity index (χ4n) is 4.94. The van der Waals surface area contributed by atoms with Crippen LogP contribution in [0.4, 0.5) is 0 Å². The molecule has 0 radical (unpaired) electrons. The summed E-state index contributed by atoms with van der Waals surface area (Å²) in [5.41, 5.74) is 2.07. The van der Waals surface area contributed by atoms with Gasteiger partial charge in [0, 0.05) is 11.6 Å². The molecule has 0 unspecified atom stereocenters. The summed E-state index contributed by atoms with van der Waals surface area (Å²) in [6.45, 7) is 2.37. The van der Waals surface area contributed by atoms with Crippen molar-refractivity contribution in [3.8, 4) is 5.75 Å². The molecule has 1 aliphatic rings. The molecule has 2 aromatic heterocycles. The lowest BCUT2D eigenvalue weighted by Crippen LogP contribution is -2.46. The Labute approximate surface area is 215 Å². The van der Waals surface area contributed by atoms with Crippen LogP contribution in [0.2, 0.25) is 0 Å². The summed E-state index contributed by atoms with van der Waals surface area (Å²) in [6, 6.07) is 17.6. The second-order valence-electron chi connectivity index (χ2n) is 9.20. The maximum atomic E-state index is 14.0. The Bertz CT molecular complexity index is 1340. The highest BCUT2D eigenvalue weighted by atomic mass is 16.5. The molecule has 2 heterocycles. The Morgan fingerprint density at radius 2 is 1.89 bits per heavy atom. The van der Waals surface area contributed by atoms with Crippen molar-refractivity contribution in [3.63, 3.8) is 0 Å². The molecule has 37 heavy (non-hydrogen) atoms. The largest absolute Gasteiger partial charge is 0.494 e. The van der Waals surface area contributed by atoms with Crippen LogP contribution in [0.3, 0.4) is 0 Å². The third-order valence-corrected chi connectivity index (χ3v) is 6.71. The monoisotopic (exact) mass is 501 g/mol. The average Bonchev–Trinajstić information content (AvgIpc) is 3.68. The fraction of sp³-hybridized carbons (Fsp3) is 0.357. The number of nitrogens with zero attached hydrogens (tertiary/aromatic N) is 4. The van der Waals surface area contributed by atoms with Gasteiger partial charge in [0.15, 0.2) is 0 Å². The maximum Gasteiger partial charge on any atom is 0.247 e. The van der Waals surface area contributed by atoms with Crippen LogP contribution in [-0.2, 0) is 22.7 Å². The molecule has 0 saturated heterocycles. The van der Waals surface area contributed by atoms with E-state index < -0.39 is 6.04 Å². The van der Waals surface area contributed by atoms with E-state index in [1.807, 2.05) is 55.5 Å². The first kappa shape index (κ1) is 24.5. The van der Waals surface area contributed by atoms with Crippen molar-refractivity contribution in [2.45, 2.75) is 57.8 Å². The van der Waals surface area contributed by atoms with E-state index in [1.165, 1.54) is 0 Å². The smallest absolute Gasteiger partial charge is 0.247 e. The molecule has 1 saturated carbocycles. The van der Waals surface area contributed by atoms with E-state index in [0.29, 0.717) is 29.2 Å². The van der Waals surface area contributed by atoms with E-state index >= 15 is 0 Å². The standard InChI is InChI=1S/C28H31N5O4/c1-2-36-25-16-8-5-13-22(25)27(28(35)29-20-10-3-4-11-20)32(18-21-12-9-17-37-21)26(34)19-33-24-15-7-6-14-23(24)30-31-33/h5-9,12-17,20,27H,2-4,10-11,18-19H2,1H3,(H,29,35)/t27-/m1/s1. The van der Waals surface area contributed by atoms with E-state index in [1.54, 1.807) is 28.0 Å². The zero-order chi connectivity index (χ0) is 25.6. The number of para-hydroxylation sites is 2. The third-order valence-electron chi connectivity index (χ3n) is 6.71. The summed E-state index contributed by atoms with van der Waals surface area (Å²) in [7, 11) is 0. The Hall–Kier alpha value is -4.14. The Balaban J connectivity index is 1.54. The zero-order valence-corrected chi connectivity index (χ0v) is 20.9. The van der Waals surface area contributed by atoms with Gasteiger partial charge in [0.2, 0.25) is 11.8 Å². The van der Waals surface area contributed by atoms with Crippen molar-refractivity contribution in [2.24, 2.45) is 0 Å². The van der Waals surface area contributed by atoms with E-state index in [0.717, 1.165) is 31.2 Å². The van der Waals surface area contributed by atoms with Crippen LogP contribution in [0.1, 0.15) is 50.0 Å². The number of hydrogen-bond acceptors (Lipinski definition) is 6. The summed E-state index contributed by atoms with van der Waals surface area (Å²) in [5.74, 6) is 0.622. The molecule has 9 nitrogen and oxygen atoms in total.